The molecule has 0 amide bonds. The van der Waals surface area contributed by atoms with Gasteiger partial charge in [-0.05, 0) is 0 Å². The number of hydrogen-bond acceptors (Lipinski definition) is 4. The van der Waals surface area contributed by atoms with Crippen LogP contribution in [0, 0.1) is 0 Å². The van der Waals surface area contributed by atoms with Crippen LogP contribution in [-0.2, 0) is 0 Å². The van der Waals surface area contributed by atoms with Gasteiger partial charge in [-0.2, -0.15) is 0 Å². The van der Waals surface area contributed by atoms with Crippen LogP contribution < -0.4 is 10.9 Å². The van der Waals surface area contributed by atoms with Gasteiger partial charge in [0.2, 0.25) is 10.9 Å². The fourth-order valence-electron chi connectivity index (χ4n) is 0.943. The lowest BCUT2D eigenvalue weighted by molar-refractivity contribution is 1.53. The van der Waals surface area contributed by atoms with Gasteiger partial charge < -0.3 is 0 Å². The molecule has 0 atom stereocenters. The third kappa shape index (κ3) is 0.270. The summed E-state index contributed by atoms with van der Waals surface area (Å²) in [5, 5.41) is 0. The predicted molar refractivity (Wildman–Crippen MR) is 34.3 cm³/mol. The Morgan fingerprint density at radius 2 is 1.00 bits per heavy atom. The quantitative estimate of drug-likeness (QED) is 0.404. The van der Waals surface area contributed by atoms with Gasteiger partial charge in [0, 0.05) is 0 Å². The Kier molecular flexibility index (Phi) is 0.385. The maximum absolute atomic E-state index is 10.6. The molecule has 0 bridgehead atoms. The molecule has 0 radical (unpaired) electrons. The van der Waals surface area contributed by atoms with Crippen LogP contribution >= 0.6 is 0 Å². The molecule has 0 aliphatic rings. The maximum Gasteiger partial charge on any atom is 0.234 e. The number of rotatable bonds is 0. The van der Waals surface area contributed by atoms with Crippen LogP contribution in [0.3, 0.4) is 0 Å². The zero-order valence-corrected chi connectivity index (χ0v) is 4.71. The minimum Gasteiger partial charge on any atom is -0.285 e. The predicted octanol–water partition coefficient (Wildman–Crippen LogP) is -0.745. The Morgan fingerprint density at radius 1 is 0.700 bits per heavy atom. The van der Waals surface area contributed by atoms with E-state index in [2.05, 4.69) is 9.97 Å². The summed E-state index contributed by atoms with van der Waals surface area (Å²) in [5.41, 5.74) is 1.29. The third-order valence-corrected chi connectivity index (χ3v) is 1.63. The Balaban J connectivity index is 2.73. The Morgan fingerprint density at radius 3 is 1.30 bits per heavy atom. The van der Waals surface area contributed by atoms with Gasteiger partial charge in [-0.3, -0.25) is 9.59 Å². The number of nitrogens with zero attached hydrogens (tertiary/aromatic N) is 2. The molecule has 0 N–H and O–H groups in total. The molecule has 2 aromatic carbocycles. The molecule has 3 rings (SSSR count). The van der Waals surface area contributed by atoms with Gasteiger partial charge in [0.1, 0.15) is 22.1 Å². The average molecular weight is 132 g/mol. The molecule has 0 aliphatic heterocycles. The van der Waals surface area contributed by atoms with Crippen LogP contribution in [0.15, 0.2) is 9.59 Å². The zero-order chi connectivity index (χ0) is 6.88. The first-order valence-corrected chi connectivity index (χ1v) is 2.80. The second-order valence-electron chi connectivity index (χ2n) is 2.28. The van der Waals surface area contributed by atoms with Gasteiger partial charge in [0.05, 0.1) is 0 Å². The van der Waals surface area contributed by atoms with Crippen molar-refractivity contribution in [1.82, 2.24) is 9.97 Å². The van der Waals surface area contributed by atoms with E-state index in [9.17, 15) is 9.59 Å². The zero-order valence-electron chi connectivity index (χ0n) is 4.71. The van der Waals surface area contributed by atoms with E-state index in [0.717, 1.165) is 0 Å². The summed E-state index contributed by atoms with van der Waals surface area (Å²) in [7, 11) is 0. The van der Waals surface area contributed by atoms with E-state index >= 15 is 0 Å². The first-order valence-electron chi connectivity index (χ1n) is 2.80. The van der Waals surface area contributed by atoms with E-state index in [1.807, 2.05) is 0 Å². The largest absolute Gasteiger partial charge is 0.285 e. The van der Waals surface area contributed by atoms with Crippen molar-refractivity contribution >= 4 is 22.1 Å². The maximum atomic E-state index is 10.6. The fourth-order valence-corrected chi connectivity index (χ4v) is 0.943. The summed E-state index contributed by atoms with van der Waals surface area (Å²) in [6, 6.07) is 0. The highest BCUT2D eigenvalue weighted by atomic mass is 16.1. The van der Waals surface area contributed by atoms with Gasteiger partial charge in [0.25, 0.3) is 0 Å². The molecule has 46 valence electrons. The number of aromatic nitrogens is 2. The van der Waals surface area contributed by atoms with E-state index in [1.54, 1.807) is 0 Å². The first kappa shape index (κ1) is 4.27. The highest BCUT2D eigenvalue weighted by Gasteiger charge is 2.24. The van der Waals surface area contributed by atoms with Gasteiger partial charge in [-0.15, -0.1) is 0 Å². The molecule has 1 aromatic heterocycles. The minimum absolute atomic E-state index is 0.111. The van der Waals surface area contributed by atoms with Crippen LogP contribution in [0.4, 0.5) is 0 Å². The standard InChI is InChI=1S/C6N2O2/c9-5-1-2(5)8-4-3(7-1)6(4)10. The van der Waals surface area contributed by atoms with Crippen molar-refractivity contribution in [3.8, 4) is 0 Å². The van der Waals surface area contributed by atoms with Crippen molar-refractivity contribution in [2.24, 2.45) is 0 Å². The van der Waals surface area contributed by atoms with Gasteiger partial charge in [-0.25, -0.2) is 9.97 Å². The van der Waals surface area contributed by atoms with Crippen molar-refractivity contribution in [1.29, 1.82) is 0 Å². The van der Waals surface area contributed by atoms with E-state index in [1.165, 1.54) is 0 Å². The Bertz CT molecular complexity index is 480. The molecular formula is C6N2O2. The van der Waals surface area contributed by atoms with Crippen molar-refractivity contribution in [2.75, 3.05) is 0 Å². The average Bonchev–Trinajstić information content (AvgIpc) is 2.77. The number of hydrogen-bond donors (Lipinski definition) is 0. The van der Waals surface area contributed by atoms with Crippen molar-refractivity contribution in [2.45, 2.75) is 0 Å². The molecule has 0 unspecified atom stereocenters. The highest BCUT2D eigenvalue weighted by Crippen LogP contribution is 2.15. The molecule has 0 fully saturated rings. The van der Waals surface area contributed by atoms with Crippen molar-refractivity contribution < 1.29 is 0 Å². The summed E-state index contributed by atoms with van der Waals surface area (Å²) in [6.07, 6.45) is 0. The molecular weight excluding hydrogens is 132 g/mol. The lowest BCUT2D eigenvalue weighted by Gasteiger charge is -1.63. The molecule has 4 nitrogen and oxygen atoms in total. The fraction of sp³-hybridized carbons (Fsp3) is 0. The lowest BCUT2D eigenvalue weighted by Crippen LogP contribution is -1.76. The summed E-state index contributed by atoms with van der Waals surface area (Å²) >= 11 is 0. The lowest BCUT2D eigenvalue weighted by atomic mass is 10.8. The Labute approximate surface area is 53.5 Å². The van der Waals surface area contributed by atoms with Crippen molar-refractivity contribution in [3.05, 3.63) is 20.4 Å². The Hall–Kier alpha value is -1.58. The SMILES string of the molecule is O=c1c2nc3c(=O)c3nc12. The number of fused-ring (bicyclic) bond motifs is 2. The summed E-state index contributed by atoms with van der Waals surface area (Å²) in [4.78, 5) is 28.7. The van der Waals surface area contributed by atoms with Gasteiger partial charge in [-0.1, -0.05) is 0 Å². The van der Waals surface area contributed by atoms with Crippen LogP contribution in [0.25, 0.3) is 22.1 Å². The molecule has 0 spiro atoms. The van der Waals surface area contributed by atoms with Gasteiger partial charge >= 0.3 is 0 Å². The molecule has 0 aliphatic carbocycles. The van der Waals surface area contributed by atoms with Crippen LogP contribution in [0.5, 0.6) is 0 Å². The van der Waals surface area contributed by atoms with E-state index in [0.29, 0.717) is 22.1 Å². The van der Waals surface area contributed by atoms with E-state index < -0.39 is 0 Å². The molecule has 3 aromatic rings. The normalized spacial score (nSPS) is 12.8. The summed E-state index contributed by atoms with van der Waals surface area (Å²) in [5.74, 6) is 0. The minimum atomic E-state index is -0.111. The third-order valence-electron chi connectivity index (χ3n) is 1.63. The second-order valence-corrected chi connectivity index (χ2v) is 2.28. The second kappa shape index (κ2) is 0.901. The summed E-state index contributed by atoms with van der Waals surface area (Å²) in [6.45, 7) is 0. The molecule has 1 heterocycles. The van der Waals surface area contributed by atoms with Crippen LogP contribution in [0.1, 0.15) is 0 Å². The smallest absolute Gasteiger partial charge is 0.234 e. The van der Waals surface area contributed by atoms with Crippen molar-refractivity contribution in [3.63, 3.8) is 0 Å². The summed E-state index contributed by atoms with van der Waals surface area (Å²) < 4.78 is 0. The van der Waals surface area contributed by atoms with E-state index in [4.69, 9.17) is 0 Å². The highest BCUT2D eigenvalue weighted by molar-refractivity contribution is 6.01. The monoisotopic (exact) mass is 132 g/mol. The van der Waals surface area contributed by atoms with Crippen LogP contribution in [-0.4, -0.2) is 9.97 Å². The van der Waals surface area contributed by atoms with E-state index in [-0.39, 0.29) is 10.9 Å². The van der Waals surface area contributed by atoms with Gasteiger partial charge in [0.15, 0.2) is 0 Å². The van der Waals surface area contributed by atoms with Crippen LogP contribution in [0.2, 0.25) is 0 Å². The first-order chi connectivity index (χ1) is 4.79. The molecule has 0 saturated carbocycles. The topological polar surface area (TPSA) is 59.9 Å². The molecule has 4 heteroatoms. The molecule has 10 heavy (non-hydrogen) atoms. The molecule has 0 saturated heterocycles.